The summed E-state index contributed by atoms with van der Waals surface area (Å²) in [6.45, 7) is 4.84. The maximum Gasteiger partial charge on any atom is 0.310 e. The van der Waals surface area contributed by atoms with Gasteiger partial charge < -0.3 is 4.74 Å². The van der Waals surface area contributed by atoms with Gasteiger partial charge in [-0.2, -0.15) is 0 Å². The van der Waals surface area contributed by atoms with Gasteiger partial charge in [0.15, 0.2) is 5.78 Å². The number of carbonyl (C=O) groups is 2. The SMILES string of the molecule is C[C@]12CCC(=O)C=C1CC[C@@H]1[C@@H]2CC[C@@]2(C)[C@H]1CC[C@]21CC(=O)O1. The topological polar surface area (TPSA) is 43.4 Å². The lowest BCUT2D eigenvalue weighted by Crippen LogP contribution is -2.60. The molecular formula is C21H28O3. The van der Waals surface area contributed by atoms with E-state index in [1.807, 2.05) is 6.08 Å². The molecule has 3 saturated carbocycles. The van der Waals surface area contributed by atoms with Gasteiger partial charge in [0.05, 0.1) is 6.42 Å². The van der Waals surface area contributed by atoms with E-state index in [0.717, 1.165) is 37.5 Å². The summed E-state index contributed by atoms with van der Waals surface area (Å²) in [6, 6.07) is 0. The largest absolute Gasteiger partial charge is 0.458 e. The van der Waals surface area contributed by atoms with Gasteiger partial charge in [-0.15, -0.1) is 0 Å². The molecule has 1 spiro atoms. The molecule has 130 valence electrons. The number of ketones is 1. The van der Waals surface area contributed by atoms with Gasteiger partial charge in [0, 0.05) is 11.8 Å². The maximum atomic E-state index is 11.9. The molecule has 3 nitrogen and oxygen atoms in total. The van der Waals surface area contributed by atoms with Crippen molar-refractivity contribution in [1.82, 2.24) is 0 Å². The Morgan fingerprint density at radius 2 is 1.75 bits per heavy atom. The van der Waals surface area contributed by atoms with Crippen LogP contribution in [0.15, 0.2) is 11.6 Å². The number of rotatable bonds is 0. The molecule has 0 amide bonds. The van der Waals surface area contributed by atoms with Crippen molar-refractivity contribution in [2.45, 2.75) is 77.2 Å². The highest BCUT2D eigenvalue weighted by atomic mass is 16.6. The second-order valence-electron chi connectivity index (χ2n) is 9.61. The van der Waals surface area contributed by atoms with Crippen LogP contribution >= 0.6 is 0 Å². The third-order valence-corrected chi connectivity index (χ3v) is 8.99. The molecular weight excluding hydrogens is 300 g/mol. The number of esters is 1. The second-order valence-corrected chi connectivity index (χ2v) is 9.61. The maximum absolute atomic E-state index is 11.9. The lowest BCUT2D eigenvalue weighted by atomic mass is 9.46. The summed E-state index contributed by atoms with van der Waals surface area (Å²) in [5.74, 6) is 2.50. The zero-order valence-electron chi connectivity index (χ0n) is 14.9. The second kappa shape index (κ2) is 4.53. The molecule has 6 atom stereocenters. The van der Waals surface area contributed by atoms with Gasteiger partial charge >= 0.3 is 5.97 Å². The molecule has 0 radical (unpaired) electrons. The smallest absolute Gasteiger partial charge is 0.310 e. The first kappa shape index (κ1) is 15.2. The average molecular weight is 328 g/mol. The molecule has 0 aromatic rings. The van der Waals surface area contributed by atoms with E-state index in [-0.39, 0.29) is 22.4 Å². The lowest BCUT2D eigenvalue weighted by molar-refractivity contribution is -0.224. The fourth-order valence-corrected chi connectivity index (χ4v) is 7.55. The molecule has 0 unspecified atom stereocenters. The van der Waals surface area contributed by atoms with E-state index >= 15 is 0 Å². The van der Waals surface area contributed by atoms with Crippen LogP contribution in [0.4, 0.5) is 0 Å². The Bertz CT molecular complexity index is 654. The molecule has 4 aliphatic carbocycles. The molecule has 3 heteroatoms. The third kappa shape index (κ3) is 1.64. The van der Waals surface area contributed by atoms with Crippen molar-refractivity contribution in [2.24, 2.45) is 28.6 Å². The Hall–Kier alpha value is -1.12. The fraction of sp³-hybridized carbons (Fsp3) is 0.810. The monoisotopic (exact) mass is 328 g/mol. The van der Waals surface area contributed by atoms with Gasteiger partial charge in [-0.1, -0.05) is 19.4 Å². The molecule has 24 heavy (non-hydrogen) atoms. The van der Waals surface area contributed by atoms with Crippen LogP contribution in [-0.4, -0.2) is 17.4 Å². The molecule has 4 fully saturated rings. The highest BCUT2D eigenvalue weighted by Crippen LogP contribution is 2.70. The highest BCUT2D eigenvalue weighted by Gasteiger charge is 2.69. The minimum Gasteiger partial charge on any atom is -0.458 e. The summed E-state index contributed by atoms with van der Waals surface area (Å²) in [5, 5.41) is 0. The van der Waals surface area contributed by atoms with Gasteiger partial charge in [-0.25, -0.2) is 0 Å². The fourth-order valence-electron chi connectivity index (χ4n) is 7.55. The number of hydrogen-bond acceptors (Lipinski definition) is 3. The number of allylic oxidation sites excluding steroid dienone is 1. The predicted octanol–water partition coefficient (Wildman–Crippen LogP) is 4.20. The van der Waals surface area contributed by atoms with E-state index in [0.29, 0.717) is 18.1 Å². The molecule has 1 heterocycles. The Labute approximate surface area is 144 Å². The lowest BCUT2D eigenvalue weighted by Gasteiger charge is -2.60. The van der Waals surface area contributed by atoms with Gasteiger partial charge in [-0.3, -0.25) is 9.59 Å². The highest BCUT2D eigenvalue weighted by molar-refractivity contribution is 5.91. The molecule has 0 N–H and O–H groups in total. The quantitative estimate of drug-likeness (QED) is 0.626. The van der Waals surface area contributed by atoms with E-state index in [2.05, 4.69) is 13.8 Å². The van der Waals surface area contributed by atoms with Crippen LogP contribution in [0.1, 0.15) is 71.6 Å². The first-order valence-electron chi connectivity index (χ1n) is 9.84. The standard InChI is InChI=1S/C21H28O3/c1-19-8-5-14(22)11-13(19)3-4-15-16(19)6-9-20(2)17(15)7-10-21(20)12-18(23)24-21/h11,15-17H,3-10,12H2,1-2H3/t15-,16+,17+,19+,20+,21+/m1/s1. The molecule has 0 bridgehead atoms. The van der Waals surface area contributed by atoms with E-state index in [4.69, 9.17) is 4.74 Å². The van der Waals surface area contributed by atoms with E-state index < -0.39 is 0 Å². The normalized spacial score (nSPS) is 52.8. The van der Waals surface area contributed by atoms with Gasteiger partial charge in [-0.05, 0) is 74.2 Å². The number of carbonyl (C=O) groups excluding carboxylic acids is 2. The van der Waals surface area contributed by atoms with Crippen molar-refractivity contribution in [1.29, 1.82) is 0 Å². The van der Waals surface area contributed by atoms with Crippen LogP contribution in [0.2, 0.25) is 0 Å². The Morgan fingerprint density at radius 3 is 2.50 bits per heavy atom. The van der Waals surface area contributed by atoms with Gasteiger partial charge in [0.25, 0.3) is 0 Å². The van der Waals surface area contributed by atoms with Crippen LogP contribution in [0.5, 0.6) is 0 Å². The van der Waals surface area contributed by atoms with E-state index in [1.54, 1.807) is 0 Å². The van der Waals surface area contributed by atoms with Crippen molar-refractivity contribution >= 4 is 11.8 Å². The molecule has 5 rings (SSSR count). The summed E-state index contributed by atoms with van der Waals surface area (Å²) in [5.41, 5.74) is 1.72. The van der Waals surface area contributed by atoms with Crippen molar-refractivity contribution < 1.29 is 14.3 Å². The molecule has 1 aliphatic heterocycles. The minimum atomic E-state index is -0.140. The van der Waals surface area contributed by atoms with Crippen molar-refractivity contribution in [3.63, 3.8) is 0 Å². The molecule has 5 aliphatic rings. The van der Waals surface area contributed by atoms with E-state index in [9.17, 15) is 9.59 Å². The number of fused-ring (bicyclic) bond motifs is 6. The minimum absolute atomic E-state index is 0.00520. The predicted molar refractivity (Wildman–Crippen MR) is 90.2 cm³/mol. The average Bonchev–Trinajstić information content (AvgIpc) is 2.82. The van der Waals surface area contributed by atoms with Gasteiger partial charge in [0.2, 0.25) is 0 Å². The van der Waals surface area contributed by atoms with Gasteiger partial charge in [0.1, 0.15) is 5.60 Å². The van der Waals surface area contributed by atoms with Crippen molar-refractivity contribution in [3.05, 3.63) is 11.6 Å². The van der Waals surface area contributed by atoms with Crippen molar-refractivity contribution in [3.8, 4) is 0 Å². The zero-order chi connectivity index (χ0) is 16.7. The van der Waals surface area contributed by atoms with Crippen LogP contribution in [-0.2, 0) is 14.3 Å². The number of ether oxygens (including phenoxy) is 1. The first-order valence-corrected chi connectivity index (χ1v) is 9.84. The summed E-state index contributed by atoms with van der Waals surface area (Å²) in [7, 11) is 0. The molecule has 1 saturated heterocycles. The molecule has 0 aromatic heterocycles. The number of hydrogen-bond donors (Lipinski definition) is 0. The third-order valence-electron chi connectivity index (χ3n) is 8.99. The Morgan fingerprint density at radius 1 is 1.00 bits per heavy atom. The van der Waals surface area contributed by atoms with Crippen LogP contribution in [0.3, 0.4) is 0 Å². The Kier molecular flexibility index (Phi) is 2.86. The van der Waals surface area contributed by atoms with Crippen LogP contribution in [0.25, 0.3) is 0 Å². The molecule has 0 aromatic carbocycles. The van der Waals surface area contributed by atoms with Crippen molar-refractivity contribution in [2.75, 3.05) is 0 Å². The first-order chi connectivity index (χ1) is 11.4. The van der Waals surface area contributed by atoms with Crippen LogP contribution < -0.4 is 0 Å². The van der Waals surface area contributed by atoms with Crippen LogP contribution in [0, 0.1) is 28.6 Å². The summed E-state index contributed by atoms with van der Waals surface area (Å²) >= 11 is 0. The summed E-state index contributed by atoms with van der Waals surface area (Å²) in [4.78, 5) is 23.5. The van der Waals surface area contributed by atoms with E-state index in [1.165, 1.54) is 31.3 Å². The zero-order valence-corrected chi connectivity index (χ0v) is 14.9. The summed E-state index contributed by atoms with van der Waals surface area (Å²) in [6.07, 6.45) is 11.4. The Balaban J connectivity index is 1.49. The summed E-state index contributed by atoms with van der Waals surface area (Å²) < 4.78 is 5.79.